The molecule has 1 amide bonds. The van der Waals surface area contributed by atoms with Gasteiger partial charge < -0.3 is 10.4 Å². The van der Waals surface area contributed by atoms with E-state index in [-0.39, 0.29) is 12.5 Å². The Morgan fingerprint density at radius 1 is 1.33 bits per heavy atom. The van der Waals surface area contributed by atoms with Gasteiger partial charge in [-0.25, -0.2) is 0 Å². The molecule has 0 aliphatic heterocycles. The molecular weight excluding hydrogens is 226 g/mol. The van der Waals surface area contributed by atoms with Crippen molar-refractivity contribution in [1.82, 2.24) is 5.32 Å². The number of amides is 1. The number of benzene rings is 1. The van der Waals surface area contributed by atoms with E-state index in [0.717, 1.165) is 12.0 Å². The molecule has 0 saturated heterocycles. The van der Waals surface area contributed by atoms with Crippen LogP contribution >= 0.6 is 0 Å². The maximum absolute atomic E-state index is 11.6. The third-order valence-electron chi connectivity index (χ3n) is 2.67. The van der Waals surface area contributed by atoms with Crippen LogP contribution in [0.1, 0.15) is 31.9 Å². The highest BCUT2D eigenvalue weighted by Crippen LogP contribution is 2.07. The lowest BCUT2D eigenvalue weighted by Crippen LogP contribution is -2.45. The van der Waals surface area contributed by atoms with E-state index < -0.39 is 5.54 Å². The molecule has 0 aliphatic rings. The number of aliphatic hydroxyl groups excluding tert-OH is 1. The van der Waals surface area contributed by atoms with Gasteiger partial charge in [0.05, 0.1) is 12.1 Å². The Morgan fingerprint density at radius 3 is 2.44 bits per heavy atom. The maximum Gasteiger partial charge on any atom is 0.244 e. The first-order valence-corrected chi connectivity index (χ1v) is 6.17. The number of hydrogen-bond donors (Lipinski definition) is 2. The van der Waals surface area contributed by atoms with E-state index in [1.54, 1.807) is 19.9 Å². The van der Waals surface area contributed by atoms with Gasteiger partial charge in [0, 0.05) is 6.08 Å². The molecule has 98 valence electrons. The van der Waals surface area contributed by atoms with Crippen molar-refractivity contribution in [3.8, 4) is 0 Å². The third kappa shape index (κ3) is 4.72. The molecule has 0 bridgehead atoms. The van der Waals surface area contributed by atoms with Gasteiger partial charge in [0.2, 0.25) is 5.91 Å². The Morgan fingerprint density at radius 2 is 1.94 bits per heavy atom. The van der Waals surface area contributed by atoms with E-state index in [0.29, 0.717) is 0 Å². The minimum absolute atomic E-state index is 0.0855. The van der Waals surface area contributed by atoms with Crippen molar-refractivity contribution in [2.45, 2.75) is 32.7 Å². The molecule has 0 fully saturated rings. The third-order valence-corrected chi connectivity index (χ3v) is 2.67. The van der Waals surface area contributed by atoms with E-state index in [9.17, 15) is 4.79 Å². The first kappa shape index (κ1) is 14.5. The fourth-order valence-electron chi connectivity index (χ4n) is 1.45. The molecule has 0 radical (unpaired) electrons. The van der Waals surface area contributed by atoms with Crippen LogP contribution in [-0.4, -0.2) is 23.2 Å². The van der Waals surface area contributed by atoms with Gasteiger partial charge in [0.1, 0.15) is 0 Å². The Balaban J connectivity index is 2.60. The minimum Gasteiger partial charge on any atom is -0.394 e. The number of hydrogen-bond acceptors (Lipinski definition) is 2. The second kappa shape index (κ2) is 6.36. The summed E-state index contributed by atoms with van der Waals surface area (Å²) in [5, 5.41) is 11.8. The predicted molar refractivity (Wildman–Crippen MR) is 74.2 cm³/mol. The molecular formula is C15H21NO2. The van der Waals surface area contributed by atoms with Gasteiger partial charge in [-0.15, -0.1) is 0 Å². The van der Waals surface area contributed by atoms with E-state index >= 15 is 0 Å². The van der Waals surface area contributed by atoms with Gasteiger partial charge in [0.25, 0.3) is 0 Å². The van der Waals surface area contributed by atoms with Gasteiger partial charge >= 0.3 is 0 Å². The first-order valence-electron chi connectivity index (χ1n) is 6.17. The SMILES string of the molecule is CCc1ccc(/C=C/C(=O)NC(C)(C)CO)cc1. The summed E-state index contributed by atoms with van der Waals surface area (Å²) >= 11 is 0. The molecule has 0 spiro atoms. The zero-order valence-electron chi connectivity index (χ0n) is 11.2. The number of nitrogens with one attached hydrogen (secondary N) is 1. The smallest absolute Gasteiger partial charge is 0.244 e. The summed E-state index contributed by atoms with van der Waals surface area (Å²) in [7, 11) is 0. The number of aryl methyl sites for hydroxylation is 1. The fourth-order valence-corrected chi connectivity index (χ4v) is 1.45. The predicted octanol–water partition coefficient (Wildman–Crippen LogP) is 2.15. The van der Waals surface area contributed by atoms with Crippen LogP contribution in [0.2, 0.25) is 0 Å². The van der Waals surface area contributed by atoms with Crippen molar-refractivity contribution >= 4 is 12.0 Å². The van der Waals surface area contributed by atoms with Crippen LogP contribution in [0.4, 0.5) is 0 Å². The summed E-state index contributed by atoms with van der Waals surface area (Å²) in [5.74, 6) is -0.200. The zero-order valence-corrected chi connectivity index (χ0v) is 11.2. The molecule has 0 atom stereocenters. The summed E-state index contributed by atoms with van der Waals surface area (Å²) in [6, 6.07) is 8.07. The zero-order chi connectivity index (χ0) is 13.6. The molecule has 0 heterocycles. The lowest BCUT2D eigenvalue weighted by atomic mass is 10.1. The van der Waals surface area contributed by atoms with Crippen molar-refractivity contribution < 1.29 is 9.90 Å². The maximum atomic E-state index is 11.6. The number of carbonyl (C=O) groups is 1. The molecule has 1 rings (SSSR count). The van der Waals surface area contributed by atoms with E-state index in [1.165, 1.54) is 11.6 Å². The number of aliphatic hydroxyl groups is 1. The monoisotopic (exact) mass is 247 g/mol. The van der Waals surface area contributed by atoms with Crippen LogP contribution in [0.15, 0.2) is 30.3 Å². The second-order valence-electron chi connectivity index (χ2n) is 4.96. The van der Waals surface area contributed by atoms with Crippen LogP contribution in [0.5, 0.6) is 0 Å². The second-order valence-corrected chi connectivity index (χ2v) is 4.96. The lowest BCUT2D eigenvalue weighted by molar-refractivity contribution is -0.118. The highest BCUT2D eigenvalue weighted by Gasteiger charge is 2.17. The van der Waals surface area contributed by atoms with Gasteiger partial charge in [-0.3, -0.25) is 4.79 Å². The number of rotatable bonds is 5. The summed E-state index contributed by atoms with van der Waals surface area (Å²) in [4.78, 5) is 11.6. The average molecular weight is 247 g/mol. The summed E-state index contributed by atoms with van der Waals surface area (Å²) in [5.41, 5.74) is 1.68. The molecule has 0 aliphatic carbocycles. The van der Waals surface area contributed by atoms with Crippen molar-refractivity contribution in [2.75, 3.05) is 6.61 Å². The Labute approximate surface area is 109 Å². The Bertz CT molecular complexity index is 419. The Kier molecular flexibility index (Phi) is 5.10. The first-order chi connectivity index (χ1) is 8.46. The minimum atomic E-state index is -0.590. The molecule has 1 aromatic carbocycles. The standard InChI is InChI=1S/C15H21NO2/c1-4-12-5-7-13(8-6-12)9-10-14(18)16-15(2,3)11-17/h5-10,17H,4,11H2,1-3H3,(H,16,18)/b10-9+. The van der Waals surface area contributed by atoms with Crippen molar-refractivity contribution in [3.05, 3.63) is 41.5 Å². The van der Waals surface area contributed by atoms with E-state index in [2.05, 4.69) is 24.4 Å². The van der Waals surface area contributed by atoms with E-state index in [4.69, 9.17) is 5.11 Å². The highest BCUT2D eigenvalue weighted by atomic mass is 16.3. The fraction of sp³-hybridized carbons (Fsp3) is 0.400. The highest BCUT2D eigenvalue weighted by molar-refractivity contribution is 5.92. The quantitative estimate of drug-likeness (QED) is 0.783. The average Bonchev–Trinajstić information content (AvgIpc) is 2.36. The molecule has 3 nitrogen and oxygen atoms in total. The summed E-state index contributed by atoms with van der Waals surface area (Å²) in [6.45, 7) is 5.57. The van der Waals surface area contributed by atoms with Gasteiger partial charge in [-0.2, -0.15) is 0 Å². The van der Waals surface area contributed by atoms with Gasteiger partial charge in [-0.05, 0) is 37.5 Å². The van der Waals surface area contributed by atoms with Crippen LogP contribution < -0.4 is 5.32 Å². The normalized spacial score (nSPS) is 11.8. The molecule has 0 unspecified atom stereocenters. The van der Waals surface area contributed by atoms with E-state index in [1.807, 2.05) is 12.1 Å². The van der Waals surface area contributed by atoms with Crippen molar-refractivity contribution in [2.24, 2.45) is 0 Å². The molecule has 1 aromatic rings. The molecule has 3 heteroatoms. The largest absolute Gasteiger partial charge is 0.394 e. The van der Waals surface area contributed by atoms with Crippen LogP contribution in [0.25, 0.3) is 6.08 Å². The van der Waals surface area contributed by atoms with Gasteiger partial charge in [0.15, 0.2) is 0 Å². The van der Waals surface area contributed by atoms with Crippen LogP contribution in [-0.2, 0) is 11.2 Å². The molecule has 0 aromatic heterocycles. The molecule has 18 heavy (non-hydrogen) atoms. The summed E-state index contributed by atoms with van der Waals surface area (Å²) in [6.07, 6.45) is 4.26. The number of carbonyl (C=O) groups excluding carboxylic acids is 1. The lowest BCUT2D eigenvalue weighted by Gasteiger charge is -2.22. The molecule has 0 saturated carbocycles. The molecule has 2 N–H and O–H groups in total. The summed E-state index contributed by atoms with van der Waals surface area (Å²) < 4.78 is 0. The van der Waals surface area contributed by atoms with Gasteiger partial charge in [-0.1, -0.05) is 31.2 Å². The van der Waals surface area contributed by atoms with Crippen molar-refractivity contribution in [1.29, 1.82) is 0 Å². The Hall–Kier alpha value is -1.61. The van der Waals surface area contributed by atoms with Crippen LogP contribution in [0.3, 0.4) is 0 Å². The topological polar surface area (TPSA) is 49.3 Å². The van der Waals surface area contributed by atoms with Crippen LogP contribution in [0, 0.1) is 0 Å². The van der Waals surface area contributed by atoms with Crippen molar-refractivity contribution in [3.63, 3.8) is 0 Å².